The summed E-state index contributed by atoms with van der Waals surface area (Å²) in [6.07, 6.45) is 0. The molecule has 2 aromatic rings. The van der Waals surface area contributed by atoms with Crippen molar-refractivity contribution < 1.29 is 14.3 Å². The number of halogens is 1. The minimum atomic E-state index is -1.04. The zero-order valence-corrected chi connectivity index (χ0v) is 10.3. The van der Waals surface area contributed by atoms with E-state index in [4.69, 9.17) is 10.8 Å². The molecule has 0 saturated carbocycles. The number of carbonyl (C=O) groups is 1. The number of aromatic carboxylic acids is 1. The molecule has 98 valence electrons. The Kier molecular flexibility index (Phi) is 3.37. The number of benzene rings is 2. The van der Waals surface area contributed by atoms with Gasteiger partial charge in [-0.25, -0.2) is 9.18 Å². The lowest BCUT2D eigenvalue weighted by molar-refractivity contribution is 0.0697. The van der Waals surface area contributed by atoms with Crippen LogP contribution in [0.1, 0.15) is 10.4 Å². The van der Waals surface area contributed by atoms with E-state index in [2.05, 4.69) is 0 Å². The Bertz CT molecular complexity index is 629. The van der Waals surface area contributed by atoms with Crippen molar-refractivity contribution in [3.8, 4) is 0 Å². The van der Waals surface area contributed by atoms with Gasteiger partial charge in [0.2, 0.25) is 0 Å². The average molecular weight is 260 g/mol. The second-order valence-electron chi connectivity index (χ2n) is 4.12. The molecule has 0 atom stereocenters. The smallest absolute Gasteiger partial charge is 0.335 e. The second kappa shape index (κ2) is 4.97. The highest BCUT2D eigenvalue weighted by atomic mass is 19.1. The molecular formula is C14H13FN2O2. The van der Waals surface area contributed by atoms with Crippen LogP contribution in [-0.4, -0.2) is 18.1 Å². The largest absolute Gasteiger partial charge is 0.478 e. The maximum absolute atomic E-state index is 13.2. The van der Waals surface area contributed by atoms with Crippen molar-refractivity contribution in [3.63, 3.8) is 0 Å². The number of rotatable bonds is 3. The van der Waals surface area contributed by atoms with Gasteiger partial charge < -0.3 is 15.7 Å². The number of carboxylic acids is 1. The zero-order valence-electron chi connectivity index (χ0n) is 10.3. The number of nitrogen functional groups attached to an aromatic ring is 1. The van der Waals surface area contributed by atoms with Crippen molar-refractivity contribution >= 4 is 23.0 Å². The number of anilines is 3. The van der Waals surface area contributed by atoms with E-state index in [1.165, 1.54) is 24.3 Å². The SMILES string of the molecule is CN(c1cccc(F)c1)c1ccc(C(=O)O)cc1N. The second-order valence-corrected chi connectivity index (χ2v) is 4.12. The van der Waals surface area contributed by atoms with Gasteiger partial charge in [0.1, 0.15) is 5.82 Å². The maximum Gasteiger partial charge on any atom is 0.335 e. The fourth-order valence-electron chi connectivity index (χ4n) is 1.82. The summed E-state index contributed by atoms with van der Waals surface area (Å²) in [5.41, 5.74) is 7.54. The molecule has 0 aliphatic heterocycles. The number of hydrogen-bond acceptors (Lipinski definition) is 3. The summed E-state index contributed by atoms with van der Waals surface area (Å²) in [6, 6.07) is 10.5. The lowest BCUT2D eigenvalue weighted by Gasteiger charge is -2.21. The molecule has 0 heterocycles. The van der Waals surface area contributed by atoms with Gasteiger partial charge in [-0.05, 0) is 36.4 Å². The molecule has 0 amide bonds. The van der Waals surface area contributed by atoms with Gasteiger partial charge in [0.25, 0.3) is 0 Å². The van der Waals surface area contributed by atoms with Gasteiger partial charge in [-0.3, -0.25) is 0 Å². The molecule has 2 aromatic carbocycles. The number of hydrogen-bond donors (Lipinski definition) is 2. The Morgan fingerprint density at radius 3 is 2.58 bits per heavy atom. The Morgan fingerprint density at radius 1 is 1.26 bits per heavy atom. The predicted octanol–water partition coefficient (Wildman–Crippen LogP) is 2.87. The molecule has 0 aliphatic carbocycles. The normalized spacial score (nSPS) is 10.2. The molecule has 0 spiro atoms. The van der Waals surface area contributed by atoms with E-state index in [0.717, 1.165) is 0 Å². The molecule has 0 aliphatic rings. The molecular weight excluding hydrogens is 247 g/mol. The highest BCUT2D eigenvalue weighted by Gasteiger charge is 2.11. The number of nitrogens with zero attached hydrogens (tertiary/aromatic N) is 1. The van der Waals surface area contributed by atoms with Crippen LogP contribution in [0.25, 0.3) is 0 Å². The van der Waals surface area contributed by atoms with Crippen molar-refractivity contribution in [2.75, 3.05) is 17.7 Å². The molecule has 2 rings (SSSR count). The Balaban J connectivity index is 2.39. The first kappa shape index (κ1) is 12.9. The van der Waals surface area contributed by atoms with Gasteiger partial charge in [-0.1, -0.05) is 6.07 Å². The van der Waals surface area contributed by atoms with Crippen LogP contribution in [0.2, 0.25) is 0 Å². The average Bonchev–Trinajstić information content (AvgIpc) is 2.37. The minimum absolute atomic E-state index is 0.119. The van der Waals surface area contributed by atoms with Crippen LogP contribution in [0.3, 0.4) is 0 Å². The molecule has 0 unspecified atom stereocenters. The van der Waals surface area contributed by atoms with Gasteiger partial charge in [0, 0.05) is 12.7 Å². The number of nitrogens with two attached hydrogens (primary N) is 1. The van der Waals surface area contributed by atoms with Gasteiger partial charge >= 0.3 is 5.97 Å². The van der Waals surface area contributed by atoms with Crippen molar-refractivity contribution in [1.82, 2.24) is 0 Å². The monoisotopic (exact) mass is 260 g/mol. The van der Waals surface area contributed by atoms with Crippen LogP contribution in [0.5, 0.6) is 0 Å². The van der Waals surface area contributed by atoms with Crippen molar-refractivity contribution in [2.24, 2.45) is 0 Å². The molecule has 5 heteroatoms. The first-order valence-corrected chi connectivity index (χ1v) is 5.61. The predicted molar refractivity (Wildman–Crippen MR) is 72.3 cm³/mol. The van der Waals surface area contributed by atoms with Crippen LogP contribution in [0, 0.1) is 5.82 Å². The van der Waals surface area contributed by atoms with Gasteiger partial charge in [-0.2, -0.15) is 0 Å². The van der Waals surface area contributed by atoms with Crippen LogP contribution < -0.4 is 10.6 Å². The minimum Gasteiger partial charge on any atom is -0.478 e. The molecule has 19 heavy (non-hydrogen) atoms. The van der Waals surface area contributed by atoms with E-state index in [0.29, 0.717) is 17.1 Å². The fraction of sp³-hybridized carbons (Fsp3) is 0.0714. The molecule has 0 saturated heterocycles. The third-order valence-corrected chi connectivity index (χ3v) is 2.83. The summed E-state index contributed by atoms with van der Waals surface area (Å²) in [7, 11) is 1.74. The molecule has 0 fully saturated rings. The standard InChI is InChI=1S/C14H13FN2O2/c1-17(11-4-2-3-10(15)8-11)13-6-5-9(14(18)19)7-12(13)16/h2-8H,16H2,1H3,(H,18,19). The third kappa shape index (κ3) is 2.65. The Hall–Kier alpha value is -2.56. The Morgan fingerprint density at radius 2 is 2.00 bits per heavy atom. The van der Waals surface area contributed by atoms with E-state index < -0.39 is 5.97 Å². The summed E-state index contributed by atoms with van der Waals surface area (Å²) in [6.45, 7) is 0. The van der Waals surface area contributed by atoms with Gasteiger partial charge in [0.05, 0.1) is 16.9 Å². The van der Waals surface area contributed by atoms with E-state index >= 15 is 0 Å². The summed E-state index contributed by atoms with van der Waals surface area (Å²) < 4.78 is 13.2. The first-order valence-electron chi connectivity index (χ1n) is 5.61. The maximum atomic E-state index is 13.2. The highest BCUT2D eigenvalue weighted by Crippen LogP contribution is 2.29. The quantitative estimate of drug-likeness (QED) is 0.833. The lowest BCUT2D eigenvalue weighted by Crippen LogP contribution is -2.12. The molecule has 0 radical (unpaired) electrons. The topological polar surface area (TPSA) is 66.6 Å². The van der Waals surface area contributed by atoms with Crippen molar-refractivity contribution in [1.29, 1.82) is 0 Å². The fourth-order valence-corrected chi connectivity index (χ4v) is 1.82. The lowest BCUT2D eigenvalue weighted by atomic mass is 10.1. The molecule has 4 nitrogen and oxygen atoms in total. The molecule has 3 N–H and O–H groups in total. The zero-order chi connectivity index (χ0) is 14.0. The van der Waals surface area contributed by atoms with Crippen LogP contribution in [-0.2, 0) is 0 Å². The highest BCUT2D eigenvalue weighted by molar-refractivity contribution is 5.91. The Labute approximate surface area is 109 Å². The van der Waals surface area contributed by atoms with Crippen LogP contribution in [0.15, 0.2) is 42.5 Å². The van der Waals surface area contributed by atoms with E-state index in [1.54, 1.807) is 30.1 Å². The van der Waals surface area contributed by atoms with Crippen molar-refractivity contribution in [2.45, 2.75) is 0 Å². The van der Waals surface area contributed by atoms with Crippen molar-refractivity contribution in [3.05, 3.63) is 53.8 Å². The first-order chi connectivity index (χ1) is 8.99. The summed E-state index contributed by atoms with van der Waals surface area (Å²) in [4.78, 5) is 12.5. The molecule has 0 aromatic heterocycles. The summed E-state index contributed by atoms with van der Waals surface area (Å²) in [5.74, 6) is -1.38. The van der Waals surface area contributed by atoms with E-state index in [1.807, 2.05) is 0 Å². The summed E-state index contributed by atoms with van der Waals surface area (Å²) in [5, 5.41) is 8.87. The van der Waals surface area contributed by atoms with Crippen LogP contribution in [0.4, 0.5) is 21.5 Å². The van der Waals surface area contributed by atoms with E-state index in [-0.39, 0.29) is 11.4 Å². The van der Waals surface area contributed by atoms with Crippen LogP contribution >= 0.6 is 0 Å². The van der Waals surface area contributed by atoms with Gasteiger partial charge in [0.15, 0.2) is 0 Å². The van der Waals surface area contributed by atoms with E-state index in [9.17, 15) is 9.18 Å². The molecule has 0 bridgehead atoms. The number of carboxylic acid groups (broad SMARTS) is 1. The van der Waals surface area contributed by atoms with Gasteiger partial charge in [-0.15, -0.1) is 0 Å². The third-order valence-electron chi connectivity index (χ3n) is 2.83. The summed E-state index contributed by atoms with van der Waals surface area (Å²) >= 11 is 0.